The Kier molecular flexibility index (Phi) is 5.47. The Morgan fingerprint density at radius 2 is 2.27 bits per heavy atom. The van der Waals surface area contributed by atoms with Crippen LogP contribution in [0.15, 0.2) is 12.2 Å². The molecule has 0 bridgehead atoms. The minimum Gasteiger partial charge on any atom is -0.275 e. The summed E-state index contributed by atoms with van der Waals surface area (Å²) in [5, 5.41) is 1.24. The van der Waals surface area contributed by atoms with Crippen LogP contribution in [0.2, 0.25) is 0 Å². The first-order chi connectivity index (χ1) is 5.22. The second-order valence-electron chi connectivity index (χ2n) is 2.18. The van der Waals surface area contributed by atoms with Gasteiger partial charge in [-0.25, -0.2) is 5.06 Å². The summed E-state index contributed by atoms with van der Waals surface area (Å²) in [5.41, 5.74) is 0. The molecule has 0 fully saturated rings. The third-order valence-electron chi connectivity index (χ3n) is 1.39. The zero-order valence-corrected chi connectivity index (χ0v) is 7.33. The summed E-state index contributed by atoms with van der Waals surface area (Å²) < 4.78 is 0. The number of carbonyl (C=O) groups excluding carboxylic acids is 1. The van der Waals surface area contributed by atoms with E-state index in [1.807, 2.05) is 19.1 Å². The molecule has 0 saturated carbocycles. The van der Waals surface area contributed by atoms with Crippen molar-refractivity contribution >= 4 is 5.91 Å². The summed E-state index contributed by atoms with van der Waals surface area (Å²) in [6.07, 6.45) is 5.18. The molecule has 0 aliphatic carbocycles. The van der Waals surface area contributed by atoms with Gasteiger partial charge in [-0.15, -0.1) is 0 Å². The second kappa shape index (κ2) is 5.92. The maximum atomic E-state index is 11.0. The Labute approximate surface area is 67.6 Å². The summed E-state index contributed by atoms with van der Waals surface area (Å²) in [7, 11) is 3.09. The van der Waals surface area contributed by atoms with Gasteiger partial charge in [-0.2, -0.15) is 0 Å². The average Bonchev–Trinajstić information content (AvgIpc) is 2.03. The molecular formula is C8H15NO2. The number of hydroxylamine groups is 2. The van der Waals surface area contributed by atoms with Crippen molar-refractivity contribution in [2.45, 2.75) is 19.8 Å². The summed E-state index contributed by atoms with van der Waals surface area (Å²) in [5.74, 6) is 0.00519. The normalized spacial score (nSPS) is 10.5. The molecule has 0 radical (unpaired) electrons. The van der Waals surface area contributed by atoms with Crippen molar-refractivity contribution in [2.24, 2.45) is 0 Å². The van der Waals surface area contributed by atoms with Crippen molar-refractivity contribution in [3.8, 4) is 0 Å². The van der Waals surface area contributed by atoms with Crippen LogP contribution in [-0.4, -0.2) is 25.1 Å². The summed E-state index contributed by atoms with van der Waals surface area (Å²) in [6.45, 7) is 1.94. The van der Waals surface area contributed by atoms with Crippen molar-refractivity contribution in [1.82, 2.24) is 5.06 Å². The molecule has 0 aromatic carbocycles. The van der Waals surface area contributed by atoms with Crippen molar-refractivity contribution in [3.63, 3.8) is 0 Å². The zero-order chi connectivity index (χ0) is 8.69. The Morgan fingerprint density at radius 1 is 1.64 bits per heavy atom. The van der Waals surface area contributed by atoms with Gasteiger partial charge in [0.2, 0.25) is 5.91 Å². The first-order valence-corrected chi connectivity index (χ1v) is 3.64. The molecule has 0 N–H and O–H groups in total. The quantitative estimate of drug-likeness (QED) is 0.455. The van der Waals surface area contributed by atoms with Gasteiger partial charge in [0.1, 0.15) is 0 Å². The fourth-order valence-electron chi connectivity index (χ4n) is 0.633. The molecule has 0 heterocycles. The highest BCUT2D eigenvalue weighted by atomic mass is 16.7. The van der Waals surface area contributed by atoms with Crippen LogP contribution in [0.25, 0.3) is 0 Å². The van der Waals surface area contributed by atoms with Crippen LogP contribution in [0.4, 0.5) is 0 Å². The Morgan fingerprint density at radius 3 is 2.73 bits per heavy atom. The fourth-order valence-corrected chi connectivity index (χ4v) is 0.633. The first kappa shape index (κ1) is 10.2. The maximum absolute atomic E-state index is 11.0. The Bertz CT molecular complexity index is 143. The van der Waals surface area contributed by atoms with Gasteiger partial charge < -0.3 is 0 Å². The molecule has 3 nitrogen and oxygen atoms in total. The van der Waals surface area contributed by atoms with E-state index in [0.717, 1.165) is 6.42 Å². The SMILES string of the molecule is C/C=C\CCC(=O)N(C)OC. The summed E-state index contributed by atoms with van der Waals surface area (Å²) in [6, 6.07) is 0. The van der Waals surface area contributed by atoms with Crippen LogP contribution >= 0.6 is 0 Å². The smallest absolute Gasteiger partial charge is 0.246 e. The first-order valence-electron chi connectivity index (χ1n) is 3.64. The zero-order valence-electron chi connectivity index (χ0n) is 7.33. The lowest BCUT2D eigenvalue weighted by Gasteiger charge is -2.12. The lowest BCUT2D eigenvalue weighted by atomic mass is 10.3. The topological polar surface area (TPSA) is 29.5 Å². The highest BCUT2D eigenvalue weighted by Gasteiger charge is 2.04. The fraction of sp³-hybridized carbons (Fsp3) is 0.625. The summed E-state index contributed by atoms with van der Waals surface area (Å²) >= 11 is 0. The molecule has 11 heavy (non-hydrogen) atoms. The number of rotatable bonds is 4. The molecule has 0 spiro atoms. The Balaban J connectivity index is 3.52. The van der Waals surface area contributed by atoms with Crippen molar-refractivity contribution in [2.75, 3.05) is 14.2 Å². The van der Waals surface area contributed by atoms with E-state index < -0.39 is 0 Å². The van der Waals surface area contributed by atoms with Crippen LogP contribution in [0.1, 0.15) is 19.8 Å². The van der Waals surface area contributed by atoms with Crippen LogP contribution in [0, 0.1) is 0 Å². The molecule has 0 aromatic rings. The van der Waals surface area contributed by atoms with Crippen LogP contribution in [0.5, 0.6) is 0 Å². The molecule has 0 unspecified atom stereocenters. The number of hydrogen-bond donors (Lipinski definition) is 0. The molecule has 0 aliphatic heterocycles. The lowest BCUT2D eigenvalue weighted by Crippen LogP contribution is -2.24. The van der Waals surface area contributed by atoms with E-state index in [0.29, 0.717) is 6.42 Å². The molecule has 0 rings (SSSR count). The van der Waals surface area contributed by atoms with Gasteiger partial charge in [0.05, 0.1) is 7.11 Å². The van der Waals surface area contributed by atoms with E-state index in [2.05, 4.69) is 0 Å². The van der Waals surface area contributed by atoms with Gasteiger partial charge in [-0.05, 0) is 13.3 Å². The lowest BCUT2D eigenvalue weighted by molar-refractivity contribution is -0.168. The molecule has 0 saturated heterocycles. The van der Waals surface area contributed by atoms with Crippen molar-refractivity contribution < 1.29 is 9.63 Å². The summed E-state index contributed by atoms with van der Waals surface area (Å²) in [4.78, 5) is 15.7. The van der Waals surface area contributed by atoms with Crippen LogP contribution < -0.4 is 0 Å². The predicted molar refractivity (Wildman–Crippen MR) is 43.8 cm³/mol. The van der Waals surface area contributed by atoms with E-state index in [1.165, 1.54) is 12.2 Å². The van der Waals surface area contributed by atoms with Crippen molar-refractivity contribution in [3.05, 3.63) is 12.2 Å². The highest BCUT2D eigenvalue weighted by molar-refractivity contribution is 5.74. The van der Waals surface area contributed by atoms with Gasteiger partial charge in [0.15, 0.2) is 0 Å². The number of amides is 1. The minimum absolute atomic E-state index is 0.00519. The monoisotopic (exact) mass is 157 g/mol. The van der Waals surface area contributed by atoms with Gasteiger partial charge in [-0.3, -0.25) is 9.63 Å². The van der Waals surface area contributed by atoms with Crippen LogP contribution in [-0.2, 0) is 9.63 Å². The molecule has 3 heteroatoms. The Hall–Kier alpha value is -0.830. The van der Waals surface area contributed by atoms with Crippen molar-refractivity contribution in [1.29, 1.82) is 0 Å². The van der Waals surface area contributed by atoms with Gasteiger partial charge in [-0.1, -0.05) is 12.2 Å². The molecular weight excluding hydrogens is 142 g/mol. The van der Waals surface area contributed by atoms with E-state index in [1.54, 1.807) is 7.05 Å². The minimum atomic E-state index is 0.00519. The molecule has 0 aromatic heterocycles. The number of carbonyl (C=O) groups is 1. The van der Waals surface area contributed by atoms with E-state index in [9.17, 15) is 4.79 Å². The van der Waals surface area contributed by atoms with E-state index >= 15 is 0 Å². The third kappa shape index (κ3) is 4.56. The number of hydrogen-bond acceptors (Lipinski definition) is 2. The molecule has 0 aliphatic rings. The average molecular weight is 157 g/mol. The van der Waals surface area contributed by atoms with Gasteiger partial charge in [0, 0.05) is 13.5 Å². The molecule has 1 amide bonds. The predicted octanol–water partition coefficient (Wildman–Crippen LogP) is 1.36. The highest BCUT2D eigenvalue weighted by Crippen LogP contribution is 1.96. The van der Waals surface area contributed by atoms with E-state index in [4.69, 9.17) is 4.84 Å². The molecule has 0 atom stereocenters. The second-order valence-corrected chi connectivity index (χ2v) is 2.18. The molecule has 64 valence electrons. The van der Waals surface area contributed by atoms with Gasteiger partial charge >= 0.3 is 0 Å². The number of nitrogens with zero attached hydrogens (tertiary/aromatic N) is 1. The standard InChI is InChI=1S/C8H15NO2/c1-4-5-6-7-8(10)9(2)11-3/h4-5H,6-7H2,1-3H3/b5-4-. The van der Waals surface area contributed by atoms with E-state index in [-0.39, 0.29) is 5.91 Å². The van der Waals surface area contributed by atoms with Crippen LogP contribution in [0.3, 0.4) is 0 Å². The largest absolute Gasteiger partial charge is 0.275 e. The van der Waals surface area contributed by atoms with Gasteiger partial charge in [0.25, 0.3) is 0 Å². The maximum Gasteiger partial charge on any atom is 0.246 e. The third-order valence-corrected chi connectivity index (χ3v) is 1.39. The number of allylic oxidation sites excluding steroid dienone is 2.